The maximum Gasteiger partial charge on any atom is 0.0160 e. The SMILES string of the molecule is CC(C)C1=CC=CCS1. The van der Waals surface area contributed by atoms with Crippen molar-refractivity contribution < 1.29 is 0 Å². The Bertz CT molecular complexity index is 143. The molecule has 0 aliphatic carbocycles. The van der Waals surface area contributed by atoms with Gasteiger partial charge < -0.3 is 0 Å². The van der Waals surface area contributed by atoms with Crippen LogP contribution in [-0.4, -0.2) is 5.75 Å². The molecule has 0 aromatic rings. The van der Waals surface area contributed by atoms with Crippen LogP contribution in [0.1, 0.15) is 13.8 Å². The average molecular weight is 140 g/mol. The summed E-state index contributed by atoms with van der Waals surface area (Å²) in [5.41, 5.74) is 0. The maximum absolute atomic E-state index is 2.23. The van der Waals surface area contributed by atoms with Crippen molar-refractivity contribution in [3.63, 3.8) is 0 Å². The van der Waals surface area contributed by atoms with E-state index < -0.39 is 0 Å². The predicted molar refractivity (Wildman–Crippen MR) is 44.5 cm³/mol. The molecule has 0 aromatic heterocycles. The molecule has 0 fully saturated rings. The molecule has 9 heavy (non-hydrogen) atoms. The molecule has 0 radical (unpaired) electrons. The molecule has 1 heteroatoms. The van der Waals surface area contributed by atoms with Crippen molar-refractivity contribution in [2.45, 2.75) is 13.8 Å². The minimum absolute atomic E-state index is 0.708. The van der Waals surface area contributed by atoms with E-state index in [1.165, 1.54) is 4.91 Å². The summed E-state index contributed by atoms with van der Waals surface area (Å²) in [6.45, 7) is 4.47. The summed E-state index contributed by atoms with van der Waals surface area (Å²) in [5.74, 6) is 1.87. The van der Waals surface area contributed by atoms with E-state index in [-0.39, 0.29) is 0 Å². The van der Waals surface area contributed by atoms with Gasteiger partial charge in [0.25, 0.3) is 0 Å². The van der Waals surface area contributed by atoms with Crippen LogP contribution in [0.4, 0.5) is 0 Å². The van der Waals surface area contributed by atoms with Gasteiger partial charge in [-0.2, -0.15) is 0 Å². The van der Waals surface area contributed by atoms with Crippen molar-refractivity contribution >= 4 is 11.8 Å². The number of rotatable bonds is 1. The third-order valence-corrected chi connectivity index (χ3v) is 2.61. The molecule has 0 saturated carbocycles. The van der Waals surface area contributed by atoms with Gasteiger partial charge in [-0.3, -0.25) is 0 Å². The minimum Gasteiger partial charge on any atom is -0.126 e. The Balaban J connectivity index is 2.57. The van der Waals surface area contributed by atoms with Crippen LogP contribution in [0.3, 0.4) is 0 Å². The molecule has 50 valence electrons. The summed E-state index contributed by atoms with van der Waals surface area (Å²) >= 11 is 1.95. The third-order valence-electron chi connectivity index (χ3n) is 1.31. The second-order valence-electron chi connectivity index (χ2n) is 2.46. The fraction of sp³-hybridized carbons (Fsp3) is 0.500. The van der Waals surface area contributed by atoms with E-state index in [1.54, 1.807) is 0 Å². The zero-order valence-corrected chi connectivity index (χ0v) is 6.74. The van der Waals surface area contributed by atoms with Crippen molar-refractivity contribution in [1.29, 1.82) is 0 Å². The van der Waals surface area contributed by atoms with E-state index in [0.29, 0.717) is 5.92 Å². The molecule has 0 nitrogen and oxygen atoms in total. The molecule has 1 aliphatic rings. The Labute approximate surface area is 61.0 Å². The lowest BCUT2D eigenvalue weighted by atomic mass is 10.2. The largest absolute Gasteiger partial charge is 0.126 e. The van der Waals surface area contributed by atoms with Gasteiger partial charge in [0.15, 0.2) is 0 Å². The van der Waals surface area contributed by atoms with Gasteiger partial charge in [-0.1, -0.05) is 32.1 Å². The van der Waals surface area contributed by atoms with Gasteiger partial charge in [-0.15, -0.1) is 11.8 Å². The monoisotopic (exact) mass is 140 g/mol. The third kappa shape index (κ3) is 1.90. The van der Waals surface area contributed by atoms with Crippen molar-refractivity contribution in [1.82, 2.24) is 0 Å². The van der Waals surface area contributed by atoms with Crippen LogP contribution in [0.15, 0.2) is 23.1 Å². The molecule has 0 bridgehead atoms. The Kier molecular flexibility index (Phi) is 2.40. The van der Waals surface area contributed by atoms with Crippen molar-refractivity contribution in [3.8, 4) is 0 Å². The first-order chi connectivity index (χ1) is 4.30. The Morgan fingerprint density at radius 1 is 1.56 bits per heavy atom. The maximum atomic E-state index is 2.23. The fourth-order valence-electron chi connectivity index (χ4n) is 0.770. The molecule has 1 rings (SSSR count). The van der Waals surface area contributed by atoms with Crippen LogP contribution >= 0.6 is 11.8 Å². The number of thioether (sulfide) groups is 1. The number of hydrogen-bond acceptors (Lipinski definition) is 1. The second kappa shape index (κ2) is 3.11. The molecule has 1 heterocycles. The van der Waals surface area contributed by atoms with Crippen molar-refractivity contribution in [2.24, 2.45) is 5.92 Å². The summed E-state index contributed by atoms with van der Waals surface area (Å²) < 4.78 is 0. The van der Waals surface area contributed by atoms with Crippen LogP contribution in [-0.2, 0) is 0 Å². The lowest BCUT2D eigenvalue weighted by Gasteiger charge is -2.10. The zero-order valence-electron chi connectivity index (χ0n) is 5.92. The average Bonchev–Trinajstić information content (AvgIpc) is 1.90. The molecule has 0 spiro atoms. The molecular formula is C8H12S. The topological polar surface area (TPSA) is 0 Å². The highest BCUT2D eigenvalue weighted by Crippen LogP contribution is 2.26. The Morgan fingerprint density at radius 3 is 2.67 bits per heavy atom. The van der Waals surface area contributed by atoms with Gasteiger partial charge in [0, 0.05) is 5.75 Å². The van der Waals surface area contributed by atoms with E-state index >= 15 is 0 Å². The molecule has 0 N–H and O–H groups in total. The summed E-state index contributed by atoms with van der Waals surface area (Å²) in [7, 11) is 0. The van der Waals surface area contributed by atoms with Gasteiger partial charge in [0.05, 0.1) is 0 Å². The van der Waals surface area contributed by atoms with Crippen molar-refractivity contribution in [3.05, 3.63) is 23.1 Å². The molecular weight excluding hydrogens is 128 g/mol. The second-order valence-corrected chi connectivity index (χ2v) is 3.56. The van der Waals surface area contributed by atoms with E-state index in [4.69, 9.17) is 0 Å². The lowest BCUT2D eigenvalue weighted by Crippen LogP contribution is -1.92. The van der Waals surface area contributed by atoms with Gasteiger partial charge in [0.1, 0.15) is 0 Å². The first-order valence-corrected chi connectivity index (χ1v) is 4.29. The van der Waals surface area contributed by atoms with Crippen LogP contribution in [0.2, 0.25) is 0 Å². The Hall–Kier alpha value is -0.170. The number of allylic oxidation sites excluding steroid dienone is 3. The summed E-state index contributed by atoms with van der Waals surface area (Å²) in [5, 5.41) is 0. The van der Waals surface area contributed by atoms with E-state index in [0.717, 1.165) is 5.75 Å². The molecule has 0 amide bonds. The van der Waals surface area contributed by atoms with Crippen LogP contribution < -0.4 is 0 Å². The first kappa shape index (κ1) is 6.94. The van der Waals surface area contributed by atoms with Gasteiger partial charge in [-0.05, 0) is 10.8 Å². The Morgan fingerprint density at radius 2 is 2.33 bits per heavy atom. The smallest absolute Gasteiger partial charge is 0.0160 e. The van der Waals surface area contributed by atoms with Gasteiger partial charge in [-0.25, -0.2) is 0 Å². The minimum atomic E-state index is 0.708. The van der Waals surface area contributed by atoms with E-state index in [2.05, 4.69) is 32.1 Å². The quantitative estimate of drug-likeness (QED) is 0.539. The molecule has 0 unspecified atom stereocenters. The summed E-state index contributed by atoms with van der Waals surface area (Å²) in [6, 6.07) is 0. The molecule has 0 saturated heterocycles. The summed E-state index contributed by atoms with van der Waals surface area (Å²) in [4.78, 5) is 1.51. The summed E-state index contributed by atoms with van der Waals surface area (Å²) in [6.07, 6.45) is 6.54. The zero-order chi connectivity index (χ0) is 6.69. The molecule has 1 aliphatic heterocycles. The lowest BCUT2D eigenvalue weighted by molar-refractivity contribution is 0.816. The van der Waals surface area contributed by atoms with Crippen LogP contribution in [0.25, 0.3) is 0 Å². The predicted octanol–water partition coefficient (Wildman–Crippen LogP) is 2.83. The van der Waals surface area contributed by atoms with Gasteiger partial charge >= 0.3 is 0 Å². The highest BCUT2D eigenvalue weighted by Gasteiger charge is 2.03. The van der Waals surface area contributed by atoms with E-state index in [9.17, 15) is 0 Å². The van der Waals surface area contributed by atoms with Crippen LogP contribution in [0.5, 0.6) is 0 Å². The first-order valence-electron chi connectivity index (χ1n) is 3.30. The van der Waals surface area contributed by atoms with E-state index in [1.807, 2.05) is 11.8 Å². The normalized spacial score (nSPS) is 18.3. The van der Waals surface area contributed by atoms with Gasteiger partial charge in [0.2, 0.25) is 0 Å². The standard InChI is InChI=1S/C8H12S/c1-7(2)8-5-3-4-6-9-8/h3-5,7H,6H2,1-2H3. The molecule has 0 aromatic carbocycles. The van der Waals surface area contributed by atoms with Crippen molar-refractivity contribution in [2.75, 3.05) is 5.75 Å². The molecule has 0 atom stereocenters. The van der Waals surface area contributed by atoms with Crippen LogP contribution in [0, 0.1) is 5.92 Å². The number of hydrogen-bond donors (Lipinski definition) is 0. The highest BCUT2D eigenvalue weighted by atomic mass is 32.2. The fourth-order valence-corrected chi connectivity index (χ4v) is 1.68. The highest BCUT2D eigenvalue weighted by molar-refractivity contribution is 8.03.